The van der Waals surface area contributed by atoms with Crippen LogP contribution in [0.5, 0.6) is 5.75 Å². The van der Waals surface area contributed by atoms with Crippen molar-refractivity contribution >= 4 is 14.3 Å². The Morgan fingerprint density at radius 3 is 2.38 bits per heavy atom. The fourth-order valence-corrected chi connectivity index (χ4v) is 3.17. The molecule has 0 spiro atoms. The van der Waals surface area contributed by atoms with Gasteiger partial charge in [-0.05, 0) is 62.0 Å². The van der Waals surface area contributed by atoms with Gasteiger partial charge in [0.1, 0.15) is 5.75 Å². The van der Waals surface area contributed by atoms with Gasteiger partial charge in [-0.2, -0.15) is 0 Å². The summed E-state index contributed by atoms with van der Waals surface area (Å²) in [6, 6.07) is 8.15. The summed E-state index contributed by atoms with van der Waals surface area (Å²) in [7, 11) is -1.82. The van der Waals surface area contributed by atoms with Crippen LogP contribution in [0.4, 0.5) is 0 Å². The highest BCUT2D eigenvalue weighted by atomic mass is 28.4. The van der Waals surface area contributed by atoms with Gasteiger partial charge in [-0.3, -0.25) is 0 Å². The SMILES string of the molecule is CCOC(=O)/C=C/C[C@@H](O)CCc1ccc(O[Si](C)(C)C(C)(C)C)cc1. The minimum absolute atomic E-state index is 0.173. The van der Waals surface area contributed by atoms with Crippen molar-refractivity contribution in [1.29, 1.82) is 0 Å². The van der Waals surface area contributed by atoms with Gasteiger partial charge >= 0.3 is 5.97 Å². The molecule has 1 N–H and O–H groups in total. The molecule has 0 amide bonds. The number of carbonyl (C=O) groups excluding carboxylic acids is 1. The molecule has 0 saturated carbocycles. The van der Waals surface area contributed by atoms with Crippen molar-refractivity contribution in [2.45, 2.75) is 71.2 Å². The topological polar surface area (TPSA) is 55.8 Å². The summed E-state index contributed by atoms with van der Waals surface area (Å²) in [4.78, 5) is 11.2. The second kappa shape index (κ2) is 9.93. The Morgan fingerprint density at radius 1 is 1.23 bits per heavy atom. The zero-order valence-electron chi connectivity index (χ0n) is 17.0. The second-order valence-corrected chi connectivity index (χ2v) is 12.8. The minimum Gasteiger partial charge on any atom is -0.544 e. The number of aliphatic hydroxyl groups is 1. The number of rotatable bonds is 9. The van der Waals surface area contributed by atoms with E-state index in [-0.39, 0.29) is 11.0 Å². The predicted octanol–water partition coefficient (Wildman–Crippen LogP) is 4.87. The molecule has 0 aliphatic heterocycles. The van der Waals surface area contributed by atoms with Crippen LogP contribution in [-0.2, 0) is 16.0 Å². The standard InChI is InChI=1S/C21H34O4Si/c1-7-24-20(23)10-8-9-18(22)14-11-17-12-15-19(16-13-17)25-26(5,6)21(2,3)4/h8,10,12-13,15-16,18,22H,7,9,11,14H2,1-6H3/b10-8+/t18-/m1/s1. The Balaban J connectivity index is 2.46. The molecule has 0 heterocycles. The van der Waals surface area contributed by atoms with E-state index in [0.29, 0.717) is 19.4 Å². The van der Waals surface area contributed by atoms with E-state index in [0.717, 1.165) is 12.2 Å². The quantitative estimate of drug-likeness (QED) is 0.378. The molecule has 0 aromatic heterocycles. The molecule has 26 heavy (non-hydrogen) atoms. The van der Waals surface area contributed by atoms with Crippen molar-refractivity contribution in [2.24, 2.45) is 0 Å². The second-order valence-electron chi connectivity index (χ2n) is 8.09. The van der Waals surface area contributed by atoms with E-state index in [2.05, 4.69) is 46.0 Å². The molecule has 4 nitrogen and oxygen atoms in total. The molecular weight excluding hydrogens is 344 g/mol. The van der Waals surface area contributed by atoms with Gasteiger partial charge in [0.2, 0.25) is 8.32 Å². The normalized spacial score (nSPS) is 13.7. The van der Waals surface area contributed by atoms with Crippen LogP contribution in [0.3, 0.4) is 0 Å². The largest absolute Gasteiger partial charge is 0.544 e. The molecule has 0 saturated heterocycles. The molecule has 1 atom stereocenters. The van der Waals surface area contributed by atoms with Crippen molar-refractivity contribution in [2.75, 3.05) is 6.61 Å². The van der Waals surface area contributed by atoms with Gasteiger partial charge in [-0.25, -0.2) is 4.79 Å². The van der Waals surface area contributed by atoms with Gasteiger partial charge in [0, 0.05) is 6.08 Å². The lowest BCUT2D eigenvalue weighted by atomic mass is 10.0. The Hall–Kier alpha value is -1.59. The monoisotopic (exact) mass is 378 g/mol. The third kappa shape index (κ3) is 7.75. The van der Waals surface area contributed by atoms with Gasteiger partial charge in [-0.1, -0.05) is 39.0 Å². The van der Waals surface area contributed by atoms with E-state index >= 15 is 0 Å². The first kappa shape index (κ1) is 22.4. The average molecular weight is 379 g/mol. The van der Waals surface area contributed by atoms with Crippen LogP contribution < -0.4 is 4.43 Å². The number of aryl methyl sites for hydroxylation is 1. The molecule has 0 radical (unpaired) electrons. The maximum atomic E-state index is 11.2. The summed E-state index contributed by atoms with van der Waals surface area (Å²) < 4.78 is 11.1. The van der Waals surface area contributed by atoms with Gasteiger partial charge in [0.25, 0.3) is 0 Å². The molecule has 1 aromatic carbocycles. The lowest BCUT2D eigenvalue weighted by molar-refractivity contribution is -0.137. The maximum absolute atomic E-state index is 11.2. The molecule has 1 rings (SSSR count). The molecule has 0 fully saturated rings. The Bertz CT molecular complexity index is 585. The van der Waals surface area contributed by atoms with E-state index in [1.54, 1.807) is 13.0 Å². The highest BCUT2D eigenvalue weighted by Gasteiger charge is 2.38. The lowest BCUT2D eigenvalue weighted by Gasteiger charge is -2.36. The van der Waals surface area contributed by atoms with Crippen LogP contribution in [-0.4, -0.2) is 32.1 Å². The number of aliphatic hydroxyl groups excluding tert-OH is 1. The summed E-state index contributed by atoms with van der Waals surface area (Å²) in [6.45, 7) is 13.3. The van der Waals surface area contributed by atoms with E-state index in [9.17, 15) is 9.90 Å². The van der Waals surface area contributed by atoms with Crippen LogP contribution in [0.25, 0.3) is 0 Å². The third-order valence-corrected chi connectivity index (χ3v) is 9.18. The first-order chi connectivity index (χ1) is 12.0. The summed E-state index contributed by atoms with van der Waals surface area (Å²) in [6.07, 6.45) is 4.46. The van der Waals surface area contributed by atoms with Crippen LogP contribution in [0, 0.1) is 0 Å². The van der Waals surface area contributed by atoms with Crippen molar-refractivity contribution in [3.63, 3.8) is 0 Å². The van der Waals surface area contributed by atoms with Crippen molar-refractivity contribution < 1.29 is 19.1 Å². The van der Waals surface area contributed by atoms with Gasteiger partial charge < -0.3 is 14.3 Å². The fraction of sp³-hybridized carbons (Fsp3) is 0.571. The molecule has 0 unspecified atom stereocenters. The van der Waals surface area contributed by atoms with Crippen molar-refractivity contribution in [1.82, 2.24) is 0 Å². The molecular formula is C21H34O4Si. The third-order valence-electron chi connectivity index (χ3n) is 4.82. The Labute approximate surface area is 159 Å². The number of carbonyl (C=O) groups is 1. The van der Waals surface area contributed by atoms with Crippen molar-refractivity contribution in [3.05, 3.63) is 42.0 Å². The summed E-state index contributed by atoms with van der Waals surface area (Å²) in [5, 5.41) is 10.2. The first-order valence-electron chi connectivity index (χ1n) is 9.34. The number of benzene rings is 1. The predicted molar refractivity (Wildman–Crippen MR) is 109 cm³/mol. The number of hydrogen-bond acceptors (Lipinski definition) is 4. The molecule has 5 heteroatoms. The fourth-order valence-electron chi connectivity index (χ4n) is 2.13. The number of esters is 1. The zero-order chi connectivity index (χ0) is 19.8. The van der Waals surface area contributed by atoms with Crippen molar-refractivity contribution in [3.8, 4) is 5.75 Å². The summed E-state index contributed by atoms with van der Waals surface area (Å²) in [5.74, 6) is 0.551. The smallest absolute Gasteiger partial charge is 0.330 e. The molecule has 0 aliphatic rings. The molecule has 1 aromatic rings. The van der Waals surface area contributed by atoms with Crippen LogP contribution in [0.15, 0.2) is 36.4 Å². The van der Waals surface area contributed by atoms with Gasteiger partial charge in [0.15, 0.2) is 0 Å². The zero-order valence-corrected chi connectivity index (χ0v) is 18.0. The van der Waals surface area contributed by atoms with Gasteiger partial charge in [0.05, 0.1) is 12.7 Å². The summed E-state index contributed by atoms with van der Waals surface area (Å²) >= 11 is 0. The molecule has 146 valence electrons. The van der Waals surface area contributed by atoms with Crippen LogP contribution in [0.1, 0.15) is 46.1 Å². The van der Waals surface area contributed by atoms with Crippen LogP contribution >= 0.6 is 0 Å². The highest BCUT2D eigenvalue weighted by Crippen LogP contribution is 2.37. The van der Waals surface area contributed by atoms with Crippen LogP contribution in [0.2, 0.25) is 18.1 Å². The van der Waals surface area contributed by atoms with E-state index in [4.69, 9.17) is 9.16 Å². The number of ether oxygens (including phenoxy) is 1. The van der Waals surface area contributed by atoms with Gasteiger partial charge in [-0.15, -0.1) is 0 Å². The number of hydrogen-bond donors (Lipinski definition) is 1. The first-order valence-corrected chi connectivity index (χ1v) is 12.3. The Kier molecular flexibility index (Phi) is 8.57. The highest BCUT2D eigenvalue weighted by molar-refractivity contribution is 6.74. The maximum Gasteiger partial charge on any atom is 0.330 e. The van der Waals surface area contributed by atoms with E-state index < -0.39 is 14.4 Å². The lowest BCUT2D eigenvalue weighted by Crippen LogP contribution is -2.43. The molecule has 0 aliphatic carbocycles. The Morgan fingerprint density at radius 2 is 1.85 bits per heavy atom. The van der Waals surface area contributed by atoms with E-state index in [1.165, 1.54) is 11.6 Å². The minimum atomic E-state index is -1.82. The van der Waals surface area contributed by atoms with E-state index in [1.807, 2.05) is 12.1 Å². The average Bonchev–Trinajstić information content (AvgIpc) is 2.53. The summed E-state index contributed by atoms with van der Waals surface area (Å²) in [5.41, 5.74) is 1.17. The molecule has 0 bridgehead atoms.